The van der Waals surface area contributed by atoms with Gasteiger partial charge < -0.3 is 14.8 Å². The second-order valence-corrected chi connectivity index (χ2v) is 5.82. The van der Waals surface area contributed by atoms with E-state index in [9.17, 15) is 5.11 Å². The average molecular weight is 322 g/mol. The summed E-state index contributed by atoms with van der Waals surface area (Å²) in [5.41, 5.74) is 3.14. The van der Waals surface area contributed by atoms with Crippen molar-refractivity contribution in [2.75, 3.05) is 13.7 Å². The van der Waals surface area contributed by atoms with Gasteiger partial charge in [-0.2, -0.15) is 0 Å². The van der Waals surface area contributed by atoms with Gasteiger partial charge in [-0.3, -0.25) is 0 Å². The van der Waals surface area contributed by atoms with E-state index in [2.05, 4.69) is 22.1 Å². The average Bonchev–Trinajstić information content (AvgIpc) is 3.12. The van der Waals surface area contributed by atoms with Gasteiger partial charge in [0.05, 0.1) is 18.5 Å². The zero-order valence-electron chi connectivity index (χ0n) is 13.7. The first-order valence-corrected chi connectivity index (χ1v) is 8.09. The molecule has 124 valence electrons. The molecule has 3 aromatic rings. The van der Waals surface area contributed by atoms with E-state index in [1.165, 1.54) is 5.56 Å². The molecule has 0 unspecified atom stereocenters. The molecule has 0 fully saturated rings. The number of nitrogens with zero attached hydrogens (tertiary/aromatic N) is 1. The zero-order valence-corrected chi connectivity index (χ0v) is 13.7. The Morgan fingerprint density at radius 2 is 1.71 bits per heavy atom. The molecule has 0 spiro atoms. The van der Waals surface area contributed by atoms with Gasteiger partial charge in [0.15, 0.2) is 0 Å². The highest BCUT2D eigenvalue weighted by atomic mass is 16.5. The third-order valence-electron chi connectivity index (χ3n) is 4.17. The first-order valence-electron chi connectivity index (χ1n) is 8.09. The quantitative estimate of drug-likeness (QED) is 0.700. The van der Waals surface area contributed by atoms with E-state index < -0.39 is 0 Å². The Hall–Kier alpha value is -2.43. The Balaban J connectivity index is 1.80. The number of aliphatic hydroxyl groups is 1. The van der Waals surface area contributed by atoms with Gasteiger partial charge in [0.2, 0.25) is 0 Å². The van der Waals surface area contributed by atoms with Crippen LogP contribution in [0.15, 0.2) is 66.9 Å². The fourth-order valence-corrected chi connectivity index (χ4v) is 2.91. The van der Waals surface area contributed by atoms with Crippen molar-refractivity contribution in [1.29, 1.82) is 0 Å². The molecule has 2 aromatic carbocycles. The molecule has 4 nitrogen and oxygen atoms in total. The molecule has 0 amide bonds. The fraction of sp³-hybridized carbons (Fsp3) is 0.250. The predicted molar refractivity (Wildman–Crippen MR) is 93.9 cm³/mol. The Morgan fingerprint density at radius 1 is 1.04 bits per heavy atom. The van der Waals surface area contributed by atoms with Gasteiger partial charge in [0.25, 0.3) is 0 Å². The molecule has 0 saturated carbocycles. The van der Waals surface area contributed by atoms with E-state index in [4.69, 9.17) is 4.74 Å². The Kier molecular flexibility index (Phi) is 5.41. The lowest BCUT2D eigenvalue weighted by Crippen LogP contribution is -2.10. The molecule has 0 radical (unpaired) electrons. The predicted octanol–water partition coefficient (Wildman–Crippen LogP) is 3.46. The highest BCUT2D eigenvalue weighted by molar-refractivity contribution is 5.26. The molecule has 0 bridgehead atoms. The lowest BCUT2D eigenvalue weighted by atomic mass is 9.99. The van der Waals surface area contributed by atoms with E-state index in [0.717, 1.165) is 23.5 Å². The normalized spacial score (nSPS) is 13.6. The number of aromatic nitrogens is 2. The van der Waals surface area contributed by atoms with E-state index in [-0.39, 0.29) is 18.6 Å². The number of aliphatic hydroxyl groups excluding tert-OH is 1. The Labute approximate surface area is 142 Å². The van der Waals surface area contributed by atoms with Gasteiger partial charge in [-0.25, -0.2) is 4.98 Å². The minimum Gasteiger partial charge on any atom is -0.396 e. The number of rotatable bonds is 7. The van der Waals surface area contributed by atoms with Gasteiger partial charge in [0, 0.05) is 13.0 Å². The summed E-state index contributed by atoms with van der Waals surface area (Å²) in [4.78, 5) is 7.82. The second-order valence-electron chi connectivity index (χ2n) is 5.82. The van der Waals surface area contributed by atoms with E-state index in [0.29, 0.717) is 0 Å². The Bertz CT molecular complexity index is 741. The molecular formula is C20H22N2O2. The minimum atomic E-state index is -0.191. The standard InChI is InChI=1S/C20H22N2O2/c1-24-19(16-10-6-3-7-11-16)18-13-21-20(22-18)17(14-23)12-15-8-4-2-5-9-15/h2-11,13,17,19,23H,12,14H2,1H3,(H,21,22)/t17-,19-/m1/s1. The fourth-order valence-electron chi connectivity index (χ4n) is 2.91. The number of aromatic amines is 1. The lowest BCUT2D eigenvalue weighted by molar-refractivity contribution is 0.133. The third kappa shape index (κ3) is 3.72. The largest absolute Gasteiger partial charge is 0.396 e. The summed E-state index contributed by atoms with van der Waals surface area (Å²) >= 11 is 0. The molecule has 0 aliphatic carbocycles. The van der Waals surface area contributed by atoms with Crippen molar-refractivity contribution < 1.29 is 9.84 Å². The van der Waals surface area contributed by atoms with Crippen molar-refractivity contribution in [3.05, 3.63) is 89.5 Å². The molecule has 24 heavy (non-hydrogen) atoms. The highest BCUT2D eigenvalue weighted by Crippen LogP contribution is 2.26. The minimum absolute atomic E-state index is 0.0465. The third-order valence-corrected chi connectivity index (χ3v) is 4.17. The van der Waals surface area contributed by atoms with Gasteiger partial charge in [0.1, 0.15) is 11.9 Å². The van der Waals surface area contributed by atoms with Crippen LogP contribution in [0, 0.1) is 0 Å². The molecule has 1 aromatic heterocycles. The van der Waals surface area contributed by atoms with Crippen LogP contribution in [-0.4, -0.2) is 28.8 Å². The number of imidazole rings is 1. The second kappa shape index (κ2) is 7.90. The van der Waals surface area contributed by atoms with Crippen LogP contribution in [-0.2, 0) is 11.2 Å². The van der Waals surface area contributed by atoms with E-state index in [1.807, 2.05) is 48.5 Å². The maximum atomic E-state index is 9.77. The number of hydrogen-bond donors (Lipinski definition) is 2. The number of H-pyrrole nitrogens is 1. The molecule has 3 rings (SSSR count). The van der Waals surface area contributed by atoms with Crippen molar-refractivity contribution in [3.8, 4) is 0 Å². The number of nitrogens with one attached hydrogen (secondary N) is 1. The monoisotopic (exact) mass is 322 g/mol. The number of benzene rings is 2. The summed E-state index contributed by atoms with van der Waals surface area (Å²) < 4.78 is 5.63. The smallest absolute Gasteiger partial charge is 0.123 e. The Morgan fingerprint density at radius 3 is 2.33 bits per heavy atom. The van der Waals surface area contributed by atoms with Crippen LogP contribution >= 0.6 is 0 Å². The van der Waals surface area contributed by atoms with Crippen LogP contribution in [0.3, 0.4) is 0 Å². The summed E-state index contributed by atoms with van der Waals surface area (Å²) in [5, 5.41) is 9.77. The molecule has 4 heteroatoms. The molecular weight excluding hydrogens is 300 g/mol. The van der Waals surface area contributed by atoms with Crippen molar-refractivity contribution in [1.82, 2.24) is 9.97 Å². The number of ether oxygens (including phenoxy) is 1. The molecule has 1 heterocycles. The number of methoxy groups -OCH3 is 1. The summed E-state index contributed by atoms with van der Waals surface area (Å²) in [5.74, 6) is 0.726. The van der Waals surface area contributed by atoms with Crippen molar-refractivity contribution in [2.45, 2.75) is 18.4 Å². The first-order chi connectivity index (χ1) is 11.8. The van der Waals surface area contributed by atoms with Crippen molar-refractivity contribution >= 4 is 0 Å². The van der Waals surface area contributed by atoms with E-state index in [1.54, 1.807) is 13.3 Å². The molecule has 0 aliphatic rings. The first kappa shape index (κ1) is 16.4. The van der Waals surface area contributed by atoms with Crippen molar-refractivity contribution in [2.24, 2.45) is 0 Å². The molecule has 0 aliphatic heterocycles. The van der Waals surface area contributed by atoms with Gasteiger partial charge in [-0.15, -0.1) is 0 Å². The van der Waals surface area contributed by atoms with Crippen molar-refractivity contribution in [3.63, 3.8) is 0 Å². The molecule has 2 N–H and O–H groups in total. The van der Waals surface area contributed by atoms with Crippen LogP contribution in [0.4, 0.5) is 0 Å². The topological polar surface area (TPSA) is 58.1 Å². The SMILES string of the molecule is CO[C@H](c1ccccc1)c1cnc([C@@H](CO)Cc2ccccc2)[nH]1. The zero-order chi connectivity index (χ0) is 16.8. The van der Waals surface area contributed by atoms with Crippen LogP contribution < -0.4 is 0 Å². The molecule has 0 saturated heterocycles. The summed E-state index contributed by atoms with van der Waals surface area (Å²) in [6.07, 6.45) is 2.35. The maximum Gasteiger partial charge on any atom is 0.123 e. The number of hydrogen-bond acceptors (Lipinski definition) is 3. The van der Waals surface area contributed by atoms with E-state index >= 15 is 0 Å². The van der Waals surface area contributed by atoms with Gasteiger partial charge >= 0.3 is 0 Å². The maximum absolute atomic E-state index is 9.77. The molecule has 2 atom stereocenters. The van der Waals surface area contributed by atoms with Crippen LogP contribution in [0.5, 0.6) is 0 Å². The highest BCUT2D eigenvalue weighted by Gasteiger charge is 2.20. The summed E-state index contributed by atoms with van der Waals surface area (Å²) in [7, 11) is 1.69. The van der Waals surface area contributed by atoms with Crippen LogP contribution in [0.2, 0.25) is 0 Å². The lowest BCUT2D eigenvalue weighted by Gasteiger charge is -2.15. The van der Waals surface area contributed by atoms with Crippen LogP contribution in [0.25, 0.3) is 0 Å². The van der Waals surface area contributed by atoms with Gasteiger partial charge in [-0.05, 0) is 17.5 Å². The summed E-state index contributed by atoms with van der Waals surface area (Å²) in [6, 6.07) is 20.2. The van der Waals surface area contributed by atoms with Crippen LogP contribution in [0.1, 0.15) is 34.7 Å². The summed E-state index contributed by atoms with van der Waals surface area (Å²) in [6.45, 7) is 0.0465. The van der Waals surface area contributed by atoms with Gasteiger partial charge in [-0.1, -0.05) is 60.7 Å².